The first-order valence-electron chi connectivity index (χ1n) is 4.37. The zero-order valence-corrected chi connectivity index (χ0v) is 8.55. The molecule has 1 nitrogen and oxygen atoms in total. The molecule has 0 fully saturated rings. The van der Waals surface area contributed by atoms with E-state index in [1.807, 2.05) is 26.0 Å². The highest BCUT2D eigenvalue weighted by molar-refractivity contribution is 4.98. The summed E-state index contributed by atoms with van der Waals surface area (Å²) in [6.07, 6.45) is 8.96. The van der Waals surface area contributed by atoms with Crippen LogP contribution >= 0.6 is 0 Å². The van der Waals surface area contributed by atoms with Crippen molar-refractivity contribution in [3.63, 3.8) is 0 Å². The minimum atomic E-state index is 0.869. The Bertz CT molecular complexity index is 197. The largest absolute Gasteiger partial charge is 0.473 e. The second-order valence-electron chi connectivity index (χ2n) is 3.20. The molecule has 0 aliphatic rings. The fourth-order valence-corrected chi connectivity index (χ4v) is 0.655. The third-order valence-electron chi connectivity index (χ3n) is 1.28. The van der Waals surface area contributed by atoms with E-state index in [0.717, 1.165) is 24.0 Å². The molecule has 0 radical (unpaired) electrons. The van der Waals surface area contributed by atoms with E-state index in [4.69, 9.17) is 4.74 Å². The summed E-state index contributed by atoms with van der Waals surface area (Å²) in [5, 5.41) is 0. The van der Waals surface area contributed by atoms with Gasteiger partial charge in [-0.25, -0.2) is 0 Å². The van der Waals surface area contributed by atoms with Crippen molar-refractivity contribution in [2.75, 3.05) is 0 Å². The van der Waals surface area contributed by atoms with Crippen LogP contribution in [-0.4, -0.2) is 0 Å². The van der Waals surface area contributed by atoms with Crippen LogP contribution in [0.15, 0.2) is 49.0 Å². The Morgan fingerprint density at radius 2 is 1.38 bits per heavy atom. The van der Waals surface area contributed by atoms with E-state index in [-0.39, 0.29) is 0 Å². The van der Waals surface area contributed by atoms with Gasteiger partial charge in [-0.05, 0) is 38.8 Å². The normalized spacial score (nSPS) is 10.9. The molecule has 0 amide bonds. The summed E-state index contributed by atoms with van der Waals surface area (Å²) in [7, 11) is 0. The molecule has 0 aliphatic carbocycles. The van der Waals surface area contributed by atoms with Gasteiger partial charge in [0.05, 0.1) is 12.5 Å². The van der Waals surface area contributed by atoms with Gasteiger partial charge < -0.3 is 4.74 Å². The van der Waals surface area contributed by atoms with Crippen LogP contribution in [0, 0.1) is 0 Å². The van der Waals surface area contributed by atoms with Crippen molar-refractivity contribution >= 4 is 0 Å². The average molecular weight is 178 g/mol. The Labute approximate surface area is 81.1 Å². The van der Waals surface area contributed by atoms with E-state index in [1.54, 1.807) is 12.5 Å². The maximum Gasteiger partial charge on any atom is 0.0864 e. The van der Waals surface area contributed by atoms with Crippen LogP contribution in [0.3, 0.4) is 0 Å². The predicted octanol–water partition coefficient (Wildman–Crippen LogP) is 3.96. The van der Waals surface area contributed by atoms with E-state index >= 15 is 0 Å². The van der Waals surface area contributed by atoms with Gasteiger partial charge >= 0.3 is 0 Å². The molecule has 0 bridgehead atoms. The lowest BCUT2D eigenvalue weighted by molar-refractivity contribution is 0.399. The first kappa shape index (κ1) is 11.8. The standard InChI is InChI=1S/C12H18O/c1-11(2)7-5-9-13-10-6-8-12(3)4/h5-6,9-10H,1,3,7-8H2,2,4H3. The van der Waals surface area contributed by atoms with E-state index in [0.29, 0.717) is 0 Å². The number of hydrogen-bond donors (Lipinski definition) is 0. The van der Waals surface area contributed by atoms with Gasteiger partial charge in [0, 0.05) is 0 Å². The summed E-state index contributed by atoms with van der Waals surface area (Å²) in [6, 6.07) is 0. The van der Waals surface area contributed by atoms with Gasteiger partial charge in [0.15, 0.2) is 0 Å². The SMILES string of the molecule is C=C(C)CC=COC=CCC(=C)C. The van der Waals surface area contributed by atoms with E-state index < -0.39 is 0 Å². The third-order valence-corrected chi connectivity index (χ3v) is 1.28. The van der Waals surface area contributed by atoms with Crippen LogP contribution < -0.4 is 0 Å². The molecule has 0 saturated carbocycles. The first-order chi connectivity index (χ1) is 6.13. The molecule has 72 valence electrons. The van der Waals surface area contributed by atoms with Crippen molar-refractivity contribution in [1.29, 1.82) is 0 Å². The molecule has 0 atom stereocenters. The van der Waals surface area contributed by atoms with Crippen molar-refractivity contribution in [2.45, 2.75) is 26.7 Å². The van der Waals surface area contributed by atoms with Crippen molar-refractivity contribution < 1.29 is 4.74 Å². The highest BCUT2D eigenvalue weighted by Gasteiger charge is 1.79. The highest BCUT2D eigenvalue weighted by Crippen LogP contribution is 1.98. The number of hydrogen-bond acceptors (Lipinski definition) is 1. The van der Waals surface area contributed by atoms with Crippen LogP contribution in [0.2, 0.25) is 0 Å². The second-order valence-corrected chi connectivity index (χ2v) is 3.20. The van der Waals surface area contributed by atoms with Gasteiger partial charge in [0.1, 0.15) is 0 Å². The molecule has 0 saturated heterocycles. The maximum absolute atomic E-state index is 5.09. The quantitative estimate of drug-likeness (QED) is 0.442. The molecule has 0 spiro atoms. The van der Waals surface area contributed by atoms with Gasteiger partial charge in [0.2, 0.25) is 0 Å². The van der Waals surface area contributed by atoms with Crippen molar-refractivity contribution in [3.05, 3.63) is 49.0 Å². The van der Waals surface area contributed by atoms with Gasteiger partial charge in [-0.3, -0.25) is 0 Å². The summed E-state index contributed by atoms with van der Waals surface area (Å²) in [5.74, 6) is 0. The Morgan fingerprint density at radius 1 is 1.00 bits per heavy atom. The Balaban J connectivity index is 3.43. The van der Waals surface area contributed by atoms with Crippen LogP contribution in [0.1, 0.15) is 26.7 Å². The number of ether oxygens (including phenoxy) is 1. The van der Waals surface area contributed by atoms with Crippen LogP contribution in [0.4, 0.5) is 0 Å². The second kappa shape index (κ2) is 7.41. The number of allylic oxidation sites excluding steroid dienone is 4. The molecule has 13 heavy (non-hydrogen) atoms. The molecule has 0 aromatic carbocycles. The minimum Gasteiger partial charge on any atom is -0.473 e. The third kappa shape index (κ3) is 10.8. The lowest BCUT2D eigenvalue weighted by Gasteiger charge is -1.92. The molecule has 0 N–H and O–H groups in total. The minimum absolute atomic E-state index is 0.869. The molecule has 0 aromatic heterocycles. The lowest BCUT2D eigenvalue weighted by Crippen LogP contribution is -1.71. The predicted molar refractivity (Wildman–Crippen MR) is 58.2 cm³/mol. The molecule has 0 unspecified atom stereocenters. The van der Waals surface area contributed by atoms with Crippen molar-refractivity contribution in [1.82, 2.24) is 0 Å². The van der Waals surface area contributed by atoms with Gasteiger partial charge in [-0.1, -0.05) is 24.3 Å². The van der Waals surface area contributed by atoms with Crippen molar-refractivity contribution in [3.8, 4) is 0 Å². The van der Waals surface area contributed by atoms with Gasteiger partial charge in [0.25, 0.3) is 0 Å². The Hall–Kier alpha value is -1.24. The molecule has 0 heterocycles. The summed E-state index contributed by atoms with van der Waals surface area (Å²) in [6.45, 7) is 11.5. The van der Waals surface area contributed by atoms with Crippen LogP contribution in [-0.2, 0) is 4.74 Å². The molecule has 0 rings (SSSR count). The van der Waals surface area contributed by atoms with Crippen LogP contribution in [0.25, 0.3) is 0 Å². The molecule has 0 aliphatic heterocycles. The fourth-order valence-electron chi connectivity index (χ4n) is 0.655. The number of rotatable bonds is 6. The molecule has 1 heteroatoms. The fraction of sp³-hybridized carbons (Fsp3) is 0.333. The highest BCUT2D eigenvalue weighted by atomic mass is 16.5. The van der Waals surface area contributed by atoms with Crippen molar-refractivity contribution in [2.24, 2.45) is 0 Å². The smallest absolute Gasteiger partial charge is 0.0864 e. The summed E-state index contributed by atoms with van der Waals surface area (Å²) >= 11 is 0. The van der Waals surface area contributed by atoms with E-state index in [9.17, 15) is 0 Å². The Morgan fingerprint density at radius 3 is 1.69 bits per heavy atom. The topological polar surface area (TPSA) is 9.23 Å². The molecule has 0 aromatic rings. The zero-order valence-electron chi connectivity index (χ0n) is 8.55. The summed E-state index contributed by atoms with van der Waals surface area (Å²) in [4.78, 5) is 0. The van der Waals surface area contributed by atoms with E-state index in [1.165, 1.54) is 0 Å². The van der Waals surface area contributed by atoms with E-state index in [2.05, 4.69) is 13.2 Å². The van der Waals surface area contributed by atoms with Gasteiger partial charge in [-0.15, -0.1) is 0 Å². The molecular formula is C12H18O. The maximum atomic E-state index is 5.09. The average Bonchev–Trinajstić information content (AvgIpc) is 2.01. The lowest BCUT2D eigenvalue weighted by atomic mass is 10.2. The van der Waals surface area contributed by atoms with Gasteiger partial charge in [-0.2, -0.15) is 0 Å². The monoisotopic (exact) mass is 178 g/mol. The summed E-state index contributed by atoms with van der Waals surface area (Å²) in [5.41, 5.74) is 2.26. The molecular weight excluding hydrogens is 160 g/mol. The summed E-state index contributed by atoms with van der Waals surface area (Å²) < 4.78 is 5.09. The first-order valence-corrected chi connectivity index (χ1v) is 4.37. The zero-order chi connectivity index (χ0) is 10.1. The van der Waals surface area contributed by atoms with Crippen LogP contribution in [0.5, 0.6) is 0 Å². The Kier molecular flexibility index (Phi) is 6.70.